The van der Waals surface area contributed by atoms with E-state index in [4.69, 9.17) is 0 Å². The van der Waals surface area contributed by atoms with E-state index in [2.05, 4.69) is 10.4 Å². The van der Waals surface area contributed by atoms with Crippen LogP contribution in [-0.4, -0.2) is 21.5 Å². The Labute approximate surface area is 165 Å². The number of rotatable bonds is 5. The molecule has 150 valence electrons. The maximum Gasteiger partial charge on any atom is 0.416 e. The maximum absolute atomic E-state index is 13.0. The summed E-state index contributed by atoms with van der Waals surface area (Å²) in [5.74, 6) is -1.59. The second kappa shape index (κ2) is 7.90. The minimum absolute atomic E-state index is 0.0768. The lowest BCUT2D eigenvalue weighted by atomic mass is 10.1. The van der Waals surface area contributed by atoms with Crippen LogP contribution in [-0.2, 0) is 17.5 Å². The second-order valence-electron chi connectivity index (χ2n) is 6.50. The first kappa shape index (κ1) is 20.3. The Morgan fingerprint density at radius 3 is 2.38 bits per heavy atom. The Balaban J connectivity index is 1.86. The van der Waals surface area contributed by atoms with Crippen molar-refractivity contribution >= 4 is 11.7 Å². The molecule has 3 rings (SSSR count). The average Bonchev–Trinajstić information content (AvgIpc) is 3.00. The van der Waals surface area contributed by atoms with Crippen LogP contribution < -0.4 is 5.32 Å². The van der Waals surface area contributed by atoms with E-state index in [1.807, 2.05) is 30.3 Å². The normalized spacial score (nSPS) is 11.3. The summed E-state index contributed by atoms with van der Waals surface area (Å²) in [5.41, 5.74) is 0.802. The molecule has 1 N–H and O–H groups in total. The third-order valence-corrected chi connectivity index (χ3v) is 4.44. The summed E-state index contributed by atoms with van der Waals surface area (Å²) >= 11 is 0. The van der Waals surface area contributed by atoms with Crippen molar-refractivity contribution in [3.8, 4) is 5.69 Å². The number of amides is 1. The van der Waals surface area contributed by atoms with Crippen LogP contribution in [0.5, 0.6) is 0 Å². The van der Waals surface area contributed by atoms with Crippen molar-refractivity contribution in [2.45, 2.75) is 26.6 Å². The first-order chi connectivity index (χ1) is 13.7. The fourth-order valence-corrected chi connectivity index (χ4v) is 3.01. The largest absolute Gasteiger partial charge is 0.416 e. The monoisotopic (exact) mass is 401 g/mol. The molecule has 0 bridgehead atoms. The molecule has 0 saturated heterocycles. The molecule has 0 aliphatic rings. The molecule has 5 nitrogen and oxygen atoms in total. The van der Waals surface area contributed by atoms with E-state index in [9.17, 15) is 22.8 Å². The van der Waals surface area contributed by atoms with Gasteiger partial charge in [0.1, 0.15) is 0 Å². The highest BCUT2D eigenvalue weighted by Crippen LogP contribution is 2.30. The molecule has 0 spiro atoms. The van der Waals surface area contributed by atoms with Gasteiger partial charge in [0.2, 0.25) is 0 Å². The van der Waals surface area contributed by atoms with E-state index in [1.165, 1.54) is 30.7 Å². The zero-order valence-electron chi connectivity index (χ0n) is 15.7. The minimum Gasteiger partial charge on any atom is -0.345 e. The second-order valence-corrected chi connectivity index (χ2v) is 6.50. The summed E-state index contributed by atoms with van der Waals surface area (Å²) < 4.78 is 40.2. The van der Waals surface area contributed by atoms with Crippen LogP contribution in [0.3, 0.4) is 0 Å². The lowest BCUT2D eigenvalue weighted by molar-refractivity contribution is -0.137. The lowest BCUT2D eigenvalue weighted by Gasteiger charge is -2.10. The maximum atomic E-state index is 13.0. The van der Waals surface area contributed by atoms with Gasteiger partial charge in [0, 0.05) is 6.54 Å². The fourth-order valence-electron chi connectivity index (χ4n) is 3.01. The molecule has 0 unspecified atom stereocenters. The number of benzene rings is 2. The summed E-state index contributed by atoms with van der Waals surface area (Å²) in [7, 11) is 0. The molecule has 1 heterocycles. The first-order valence-corrected chi connectivity index (χ1v) is 8.79. The van der Waals surface area contributed by atoms with Crippen molar-refractivity contribution in [1.82, 2.24) is 15.1 Å². The van der Waals surface area contributed by atoms with E-state index in [-0.39, 0.29) is 23.5 Å². The van der Waals surface area contributed by atoms with E-state index in [0.717, 1.165) is 17.7 Å². The number of carbonyl (C=O) groups excluding carboxylic acids is 2. The highest BCUT2D eigenvalue weighted by molar-refractivity contribution is 6.43. The van der Waals surface area contributed by atoms with Gasteiger partial charge >= 0.3 is 6.18 Å². The number of nitrogens with one attached hydrogen (secondary N) is 1. The predicted octanol–water partition coefficient (Wildman–Crippen LogP) is 4.01. The van der Waals surface area contributed by atoms with Gasteiger partial charge in [-0.05, 0) is 37.6 Å². The minimum atomic E-state index is -4.50. The number of halogens is 3. The molecule has 8 heteroatoms. The van der Waals surface area contributed by atoms with Gasteiger partial charge in [-0.15, -0.1) is 0 Å². The standard InChI is InChI=1S/C21H18F3N3O2/c1-13-18(19(28)20(29)25-12-15-7-4-3-5-8-15)14(2)27(26-13)17-10-6-9-16(11-17)21(22,23)24/h3-11H,12H2,1-2H3,(H,25,29). The average molecular weight is 401 g/mol. The van der Waals surface area contributed by atoms with Crippen LogP contribution in [0.2, 0.25) is 0 Å². The van der Waals surface area contributed by atoms with Crippen molar-refractivity contribution in [2.24, 2.45) is 0 Å². The molecule has 0 saturated carbocycles. The van der Waals surface area contributed by atoms with Crippen molar-refractivity contribution in [1.29, 1.82) is 0 Å². The summed E-state index contributed by atoms with van der Waals surface area (Å²) in [5, 5.41) is 6.73. The number of nitrogens with zero attached hydrogens (tertiary/aromatic N) is 2. The molecule has 0 fully saturated rings. The van der Waals surface area contributed by atoms with Crippen LogP contribution in [0.4, 0.5) is 13.2 Å². The van der Waals surface area contributed by atoms with Gasteiger partial charge < -0.3 is 5.32 Å². The number of alkyl halides is 3. The molecule has 0 aliphatic heterocycles. The molecule has 0 aliphatic carbocycles. The van der Waals surface area contributed by atoms with Gasteiger partial charge in [-0.3, -0.25) is 9.59 Å². The molecule has 0 radical (unpaired) electrons. The van der Waals surface area contributed by atoms with Crippen LogP contribution >= 0.6 is 0 Å². The van der Waals surface area contributed by atoms with Crippen LogP contribution in [0.25, 0.3) is 5.69 Å². The summed E-state index contributed by atoms with van der Waals surface area (Å²) in [6.07, 6.45) is -4.50. The smallest absolute Gasteiger partial charge is 0.345 e. The topological polar surface area (TPSA) is 64.0 Å². The van der Waals surface area contributed by atoms with Crippen LogP contribution in [0.1, 0.15) is 32.9 Å². The number of aromatic nitrogens is 2. The third kappa shape index (κ3) is 4.37. The Morgan fingerprint density at radius 1 is 1.03 bits per heavy atom. The number of carbonyl (C=O) groups is 2. The summed E-state index contributed by atoms with van der Waals surface area (Å²) in [6, 6.07) is 13.7. The highest BCUT2D eigenvalue weighted by atomic mass is 19.4. The van der Waals surface area contributed by atoms with Crippen molar-refractivity contribution in [2.75, 3.05) is 0 Å². The quantitative estimate of drug-likeness (QED) is 0.519. The zero-order chi connectivity index (χ0) is 21.2. The lowest BCUT2D eigenvalue weighted by Crippen LogP contribution is -2.31. The molecule has 2 aromatic carbocycles. The summed E-state index contributed by atoms with van der Waals surface area (Å²) in [6.45, 7) is 3.26. The SMILES string of the molecule is Cc1nn(-c2cccc(C(F)(F)F)c2)c(C)c1C(=O)C(=O)NCc1ccccc1. The summed E-state index contributed by atoms with van der Waals surface area (Å²) in [4.78, 5) is 24.9. The number of Topliss-reactive ketones (excluding diaryl/α,β-unsaturated/α-hetero) is 1. The van der Waals surface area contributed by atoms with Crippen molar-refractivity contribution in [3.05, 3.63) is 82.7 Å². The Hall–Kier alpha value is -3.42. The van der Waals surface area contributed by atoms with Gasteiger partial charge in [0.05, 0.1) is 28.2 Å². The molecule has 0 atom stereocenters. The van der Waals surface area contributed by atoms with Crippen molar-refractivity contribution < 1.29 is 22.8 Å². The Morgan fingerprint density at radius 2 is 1.72 bits per heavy atom. The van der Waals surface area contributed by atoms with Crippen LogP contribution in [0, 0.1) is 13.8 Å². The van der Waals surface area contributed by atoms with E-state index >= 15 is 0 Å². The molecule has 1 amide bonds. The van der Waals surface area contributed by atoms with E-state index in [0.29, 0.717) is 5.69 Å². The fraction of sp³-hybridized carbons (Fsp3) is 0.190. The van der Waals surface area contributed by atoms with Gasteiger partial charge in [0.25, 0.3) is 11.7 Å². The number of hydrogen-bond acceptors (Lipinski definition) is 3. The molecule has 29 heavy (non-hydrogen) atoms. The van der Waals surface area contributed by atoms with Gasteiger partial charge in [-0.2, -0.15) is 18.3 Å². The third-order valence-electron chi connectivity index (χ3n) is 4.44. The van der Waals surface area contributed by atoms with Gasteiger partial charge in [-0.25, -0.2) is 4.68 Å². The van der Waals surface area contributed by atoms with Gasteiger partial charge in [0.15, 0.2) is 0 Å². The van der Waals surface area contributed by atoms with E-state index < -0.39 is 23.4 Å². The number of ketones is 1. The molecule has 3 aromatic rings. The Bertz CT molecular complexity index is 1060. The highest BCUT2D eigenvalue weighted by Gasteiger charge is 2.31. The number of hydrogen-bond donors (Lipinski definition) is 1. The van der Waals surface area contributed by atoms with E-state index in [1.54, 1.807) is 0 Å². The molecule has 1 aromatic heterocycles. The van der Waals surface area contributed by atoms with Crippen LogP contribution in [0.15, 0.2) is 54.6 Å². The predicted molar refractivity (Wildman–Crippen MR) is 101 cm³/mol. The first-order valence-electron chi connectivity index (χ1n) is 8.79. The zero-order valence-corrected chi connectivity index (χ0v) is 15.7. The van der Waals surface area contributed by atoms with Crippen molar-refractivity contribution in [3.63, 3.8) is 0 Å². The molecular formula is C21H18F3N3O2. The molecular weight excluding hydrogens is 383 g/mol. The van der Waals surface area contributed by atoms with Gasteiger partial charge in [-0.1, -0.05) is 36.4 Å². The number of aryl methyl sites for hydroxylation is 1. The Kier molecular flexibility index (Phi) is 5.54.